The Balaban J connectivity index is 2.69. The van der Waals surface area contributed by atoms with Crippen molar-refractivity contribution in [2.24, 2.45) is 11.1 Å². The molecule has 11 heavy (non-hydrogen) atoms. The summed E-state index contributed by atoms with van der Waals surface area (Å²) < 4.78 is 0. The van der Waals surface area contributed by atoms with Gasteiger partial charge in [0.15, 0.2) is 0 Å². The molecule has 1 fully saturated rings. The van der Waals surface area contributed by atoms with E-state index in [1.165, 1.54) is 0 Å². The van der Waals surface area contributed by atoms with Crippen molar-refractivity contribution in [3.63, 3.8) is 0 Å². The third kappa shape index (κ3) is 1.42. The highest BCUT2D eigenvalue weighted by atomic mass is 16.1. The van der Waals surface area contributed by atoms with E-state index < -0.39 is 5.41 Å². The fourth-order valence-corrected chi connectivity index (χ4v) is 1.76. The molecule has 1 amide bonds. The second-order valence-corrected chi connectivity index (χ2v) is 3.22. The number of aldehydes is 1. The topological polar surface area (TPSA) is 60.2 Å². The molecule has 1 rings (SSSR count). The van der Waals surface area contributed by atoms with Crippen LogP contribution in [0.3, 0.4) is 0 Å². The summed E-state index contributed by atoms with van der Waals surface area (Å²) >= 11 is 0. The first kappa shape index (κ1) is 8.24. The molecule has 0 spiro atoms. The van der Waals surface area contributed by atoms with Gasteiger partial charge in [-0.3, -0.25) is 4.79 Å². The molecule has 0 atom stereocenters. The number of nitrogens with two attached hydrogens (primary N) is 1. The first-order valence-electron chi connectivity index (χ1n) is 3.95. The van der Waals surface area contributed by atoms with Gasteiger partial charge >= 0.3 is 0 Å². The van der Waals surface area contributed by atoms with Gasteiger partial charge in [-0.05, 0) is 12.8 Å². The second kappa shape index (κ2) is 3.03. The molecule has 0 aromatic rings. The number of hydrogen-bond donors (Lipinski definition) is 1. The molecular weight excluding hydrogens is 142 g/mol. The Morgan fingerprint density at radius 1 is 1.45 bits per heavy atom. The lowest BCUT2D eigenvalue weighted by Gasteiger charge is -2.21. The summed E-state index contributed by atoms with van der Waals surface area (Å²) in [7, 11) is 0. The zero-order chi connectivity index (χ0) is 8.32. The number of carbonyl (C=O) groups is 2. The number of carbonyl (C=O) groups excluding carboxylic acids is 2. The summed E-state index contributed by atoms with van der Waals surface area (Å²) in [6.07, 6.45) is 4.74. The lowest BCUT2D eigenvalue weighted by Crippen LogP contribution is -2.34. The smallest absolute Gasteiger partial charge is 0.224 e. The Hall–Kier alpha value is -0.860. The van der Waals surface area contributed by atoms with Crippen LogP contribution in [0.4, 0.5) is 0 Å². The summed E-state index contributed by atoms with van der Waals surface area (Å²) in [4.78, 5) is 21.2. The minimum atomic E-state index is -0.484. The number of amides is 1. The molecule has 0 unspecified atom stereocenters. The summed E-state index contributed by atoms with van der Waals surface area (Å²) in [6, 6.07) is 0. The summed E-state index contributed by atoms with van der Waals surface area (Å²) in [6.45, 7) is 0. The van der Waals surface area contributed by atoms with Crippen molar-refractivity contribution in [3.8, 4) is 0 Å². The van der Waals surface area contributed by atoms with Gasteiger partial charge in [-0.25, -0.2) is 0 Å². The molecule has 3 nitrogen and oxygen atoms in total. The van der Waals surface area contributed by atoms with Crippen molar-refractivity contribution >= 4 is 12.2 Å². The maximum absolute atomic E-state index is 11.0. The van der Waals surface area contributed by atoms with Crippen molar-refractivity contribution in [1.29, 1.82) is 0 Å². The van der Waals surface area contributed by atoms with Crippen LogP contribution < -0.4 is 5.73 Å². The highest BCUT2D eigenvalue weighted by Gasteiger charge is 2.38. The predicted molar refractivity (Wildman–Crippen MR) is 40.8 cm³/mol. The maximum atomic E-state index is 11.0. The molecule has 0 aliphatic heterocycles. The van der Waals surface area contributed by atoms with Crippen molar-refractivity contribution in [2.45, 2.75) is 32.1 Å². The van der Waals surface area contributed by atoms with E-state index in [1.807, 2.05) is 0 Å². The first-order valence-corrected chi connectivity index (χ1v) is 3.95. The maximum Gasteiger partial charge on any atom is 0.224 e. The standard InChI is InChI=1S/C8H13NO2/c9-7(11)8(5-6-10)3-1-2-4-8/h6H,1-5H2,(H2,9,11). The molecule has 3 heteroatoms. The van der Waals surface area contributed by atoms with Crippen molar-refractivity contribution in [3.05, 3.63) is 0 Å². The summed E-state index contributed by atoms with van der Waals surface area (Å²) in [5.41, 5.74) is 4.74. The predicted octanol–water partition coefficient (Wildman–Crippen LogP) is 0.621. The highest BCUT2D eigenvalue weighted by molar-refractivity contribution is 5.83. The average molecular weight is 155 g/mol. The van der Waals surface area contributed by atoms with Crippen molar-refractivity contribution in [1.82, 2.24) is 0 Å². The molecule has 0 aromatic carbocycles. The quantitative estimate of drug-likeness (QED) is 0.607. The van der Waals surface area contributed by atoms with Gasteiger partial charge in [0.1, 0.15) is 6.29 Å². The van der Waals surface area contributed by atoms with Gasteiger partial charge in [0.05, 0.1) is 5.41 Å². The van der Waals surface area contributed by atoms with Crippen LogP contribution in [0.2, 0.25) is 0 Å². The van der Waals surface area contributed by atoms with Crippen LogP contribution in [-0.2, 0) is 9.59 Å². The average Bonchev–Trinajstić information content (AvgIpc) is 2.38. The monoisotopic (exact) mass is 155 g/mol. The van der Waals surface area contributed by atoms with E-state index in [9.17, 15) is 9.59 Å². The molecule has 0 radical (unpaired) electrons. The Morgan fingerprint density at radius 2 is 2.00 bits per heavy atom. The van der Waals surface area contributed by atoms with Crippen molar-refractivity contribution < 1.29 is 9.59 Å². The van der Waals surface area contributed by atoms with Crippen LogP contribution in [-0.4, -0.2) is 12.2 Å². The van der Waals surface area contributed by atoms with Crippen molar-refractivity contribution in [2.75, 3.05) is 0 Å². The molecule has 1 aliphatic rings. The lowest BCUT2D eigenvalue weighted by molar-refractivity contribution is -0.130. The van der Waals surface area contributed by atoms with E-state index >= 15 is 0 Å². The Labute approximate surface area is 66.0 Å². The van der Waals surface area contributed by atoms with E-state index in [2.05, 4.69) is 0 Å². The van der Waals surface area contributed by atoms with Gasteiger partial charge < -0.3 is 10.5 Å². The first-order chi connectivity index (χ1) is 5.21. The number of primary amides is 1. The molecule has 1 saturated carbocycles. The van der Waals surface area contributed by atoms with Crippen LogP contribution in [0.25, 0.3) is 0 Å². The fourth-order valence-electron chi connectivity index (χ4n) is 1.76. The van der Waals surface area contributed by atoms with E-state index in [0.717, 1.165) is 32.0 Å². The van der Waals surface area contributed by atoms with Crippen LogP contribution in [0.15, 0.2) is 0 Å². The third-order valence-electron chi connectivity index (χ3n) is 2.56. The van der Waals surface area contributed by atoms with Crippen LogP contribution in [0, 0.1) is 5.41 Å². The van der Waals surface area contributed by atoms with E-state index in [0.29, 0.717) is 6.42 Å². The van der Waals surface area contributed by atoms with Gasteiger partial charge in [-0.2, -0.15) is 0 Å². The minimum Gasteiger partial charge on any atom is -0.369 e. The van der Waals surface area contributed by atoms with Crippen LogP contribution >= 0.6 is 0 Å². The lowest BCUT2D eigenvalue weighted by atomic mass is 9.83. The van der Waals surface area contributed by atoms with Gasteiger partial charge in [0.2, 0.25) is 5.91 Å². The molecule has 0 heterocycles. The van der Waals surface area contributed by atoms with Crippen LogP contribution in [0.5, 0.6) is 0 Å². The van der Waals surface area contributed by atoms with E-state index in [1.54, 1.807) is 0 Å². The van der Waals surface area contributed by atoms with Gasteiger partial charge in [0, 0.05) is 6.42 Å². The van der Waals surface area contributed by atoms with Gasteiger partial charge in [0.25, 0.3) is 0 Å². The zero-order valence-electron chi connectivity index (χ0n) is 6.51. The number of rotatable bonds is 3. The fraction of sp³-hybridized carbons (Fsp3) is 0.750. The molecule has 62 valence electrons. The van der Waals surface area contributed by atoms with Gasteiger partial charge in [-0.1, -0.05) is 12.8 Å². The number of hydrogen-bond acceptors (Lipinski definition) is 2. The normalized spacial score (nSPS) is 21.5. The third-order valence-corrected chi connectivity index (χ3v) is 2.56. The summed E-state index contributed by atoms with van der Waals surface area (Å²) in [5.74, 6) is -0.304. The molecule has 1 aliphatic carbocycles. The zero-order valence-corrected chi connectivity index (χ0v) is 6.51. The highest BCUT2D eigenvalue weighted by Crippen LogP contribution is 2.39. The second-order valence-electron chi connectivity index (χ2n) is 3.22. The van der Waals surface area contributed by atoms with E-state index in [4.69, 9.17) is 5.73 Å². The SMILES string of the molecule is NC(=O)C1(CC=O)CCCC1. The largest absolute Gasteiger partial charge is 0.369 e. The molecule has 0 saturated heterocycles. The Kier molecular flexibility index (Phi) is 2.27. The van der Waals surface area contributed by atoms with Crippen LogP contribution in [0.1, 0.15) is 32.1 Å². The molecular formula is C8H13NO2. The molecule has 2 N–H and O–H groups in total. The Bertz CT molecular complexity index is 171. The summed E-state index contributed by atoms with van der Waals surface area (Å²) in [5, 5.41) is 0. The molecule has 0 aromatic heterocycles. The Morgan fingerprint density at radius 3 is 2.36 bits per heavy atom. The van der Waals surface area contributed by atoms with Gasteiger partial charge in [-0.15, -0.1) is 0 Å². The van der Waals surface area contributed by atoms with E-state index in [-0.39, 0.29) is 5.91 Å². The minimum absolute atomic E-state index is 0.304. The molecule has 0 bridgehead atoms.